The smallest absolute Gasteiger partial charge is 0.167 e. The van der Waals surface area contributed by atoms with Crippen LogP contribution in [0.15, 0.2) is 60.7 Å². The van der Waals surface area contributed by atoms with E-state index in [1.165, 1.54) is 48.5 Å². The third kappa shape index (κ3) is 3.32. The summed E-state index contributed by atoms with van der Waals surface area (Å²) in [5, 5.41) is 0. The highest BCUT2D eigenvalue weighted by Gasteiger charge is 2.34. The second-order valence-electron chi connectivity index (χ2n) is 5.90. The van der Waals surface area contributed by atoms with Crippen molar-refractivity contribution in [3.05, 3.63) is 83.4 Å². The molecule has 0 aromatic heterocycles. The van der Waals surface area contributed by atoms with Crippen molar-refractivity contribution in [1.29, 1.82) is 0 Å². The molecule has 2 aromatic carbocycles. The first-order chi connectivity index (χ1) is 11.6. The van der Waals surface area contributed by atoms with E-state index in [1.807, 2.05) is 12.2 Å². The zero-order chi connectivity index (χ0) is 17.1. The Morgan fingerprint density at radius 1 is 0.667 bits per heavy atom. The zero-order valence-corrected chi connectivity index (χ0v) is 12.9. The van der Waals surface area contributed by atoms with E-state index in [-0.39, 0.29) is 11.6 Å². The molecule has 2 nitrogen and oxygen atoms in total. The van der Waals surface area contributed by atoms with Crippen molar-refractivity contribution in [1.82, 2.24) is 0 Å². The number of hydrogen-bond acceptors (Lipinski definition) is 2. The molecular weight excluding hydrogens is 310 g/mol. The summed E-state index contributed by atoms with van der Waals surface area (Å²) in [6, 6.07) is 10.7. The Labute approximate surface area is 138 Å². The zero-order valence-electron chi connectivity index (χ0n) is 12.9. The monoisotopic (exact) mass is 326 g/mol. The van der Waals surface area contributed by atoms with Gasteiger partial charge < -0.3 is 0 Å². The largest absolute Gasteiger partial charge is 0.294 e. The minimum atomic E-state index is -0.488. The van der Waals surface area contributed by atoms with E-state index in [1.54, 1.807) is 0 Å². The predicted octanol–water partition coefficient (Wildman–Crippen LogP) is 4.61. The Morgan fingerprint density at radius 2 is 1.00 bits per heavy atom. The standard InChI is InChI=1S/C20H16F2O2/c21-15-9-5-13(6-10-15)19(23)17-3-1-2-4-18(17)20(24)14-7-11-16(22)12-8-14/h1-2,5-12,17-18H,3-4H2/t17-,18+. The van der Waals surface area contributed by atoms with Gasteiger partial charge in [-0.1, -0.05) is 12.2 Å². The lowest BCUT2D eigenvalue weighted by Crippen LogP contribution is -2.31. The number of carbonyl (C=O) groups is 2. The predicted molar refractivity (Wildman–Crippen MR) is 86.8 cm³/mol. The first-order valence-electron chi connectivity index (χ1n) is 7.81. The maximum atomic E-state index is 13.0. The van der Waals surface area contributed by atoms with Crippen molar-refractivity contribution in [3.63, 3.8) is 0 Å². The van der Waals surface area contributed by atoms with Gasteiger partial charge in [0, 0.05) is 23.0 Å². The Bertz CT molecular complexity index is 709. The summed E-state index contributed by atoms with van der Waals surface area (Å²) >= 11 is 0. The average molecular weight is 326 g/mol. The van der Waals surface area contributed by atoms with Gasteiger partial charge in [-0.15, -0.1) is 0 Å². The van der Waals surface area contributed by atoms with Gasteiger partial charge in [0.2, 0.25) is 0 Å². The van der Waals surface area contributed by atoms with E-state index in [9.17, 15) is 18.4 Å². The van der Waals surface area contributed by atoms with E-state index >= 15 is 0 Å². The van der Waals surface area contributed by atoms with E-state index in [0.717, 1.165) is 0 Å². The minimum Gasteiger partial charge on any atom is -0.294 e. The lowest BCUT2D eigenvalue weighted by Gasteiger charge is -2.26. The van der Waals surface area contributed by atoms with E-state index in [4.69, 9.17) is 0 Å². The van der Waals surface area contributed by atoms with Gasteiger partial charge >= 0.3 is 0 Å². The summed E-state index contributed by atoms with van der Waals surface area (Å²) in [7, 11) is 0. The second-order valence-corrected chi connectivity index (χ2v) is 5.90. The average Bonchev–Trinajstić information content (AvgIpc) is 2.62. The third-order valence-electron chi connectivity index (χ3n) is 4.36. The van der Waals surface area contributed by atoms with Gasteiger partial charge in [-0.25, -0.2) is 8.78 Å². The number of benzene rings is 2. The molecule has 2 atom stereocenters. The number of rotatable bonds is 4. The van der Waals surface area contributed by atoms with Gasteiger partial charge in [0.05, 0.1) is 0 Å². The van der Waals surface area contributed by atoms with Crippen LogP contribution in [0, 0.1) is 23.5 Å². The molecule has 0 spiro atoms. The Kier molecular flexibility index (Phi) is 4.65. The normalized spacial score (nSPS) is 19.9. The molecule has 0 radical (unpaired) electrons. The van der Waals surface area contributed by atoms with Crippen LogP contribution in [-0.4, -0.2) is 11.6 Å². The summed E-state index contributed by atoms with van der Waals surface area (Å²) in [5.41, 5.74) is 0.794. The highest BCUT2D eigenvalue weighted by molar-refractivity contribution is 6.05. The van der Waals surface area contributed by atoms with Gasteiger partial charge in [0.15, 0.2) is 11.6 Å². The van der Waals surface area contributed by atoms with Crippen molar-refractivity contribution in [2.75, 3.05) is 0 Å². The Balaban J connectivity index is 1.87. The first-order valence-corrected chi connectivity index (χ1v) is 7.81. The summed E-state index contributed by atoms with van der Waals surface area (Å²) < 4.78 is 26.1. The van der Waals surface area contributed by atoms with Crippen LogP contribution in [0.4, 0.5) is 8.78 Å². The number of carbonyl (C=O) groups excluding carboxylic acids is 2. The molecule has 0 saturated carbocycles. The highest BCUT2D eigenvalue weighted by atomic mass is 19.1. The molecule has 24 heavy (non-hydrogen) atoms. The molecule has 0 heterocycles. The SMILES string of the molecule is O=C(c1ccc(F)cc1)[C@H]1CC=CC[C@H]1C(=O)c1ccc(F)cc1. The van der Waals surface area contributed by atoms with Gasteiger partial charge in [-0.3, -0.25) is 9.59 Å². The lowest BCUT2D eigenvalue weighted by atomic mass is 9.75. The van der Waals surface area contributed by atoms with Gasteiger partial charge in [0.1, 0.15) is 11.6 Å². The molecule has 0 N–H and O–H groups in total. The first kappa shape index (κ1) is 16.2. The fraction of sp³-hybridized carbons (Fsp3) is 0.200. The number of Topliss-reactive ketones (excluding diaryl/α,β-unsaturated/α-hetero) is 2. The topological polar surface area (TPSA) is 34.1 Å². The van der Waals surface area contributed by atoms with Crippen LogP contribution in [0.25, 0.3) is 0 Å². The highest BCUT2D eigenvalue weighted by Crippen LogP contribution is 2.31. The van der Waals surface area contributed by atoms with Crippen LogP contribution in [-0.2, 0) is 0 Å². The molecular formula is C20H16F2O2. The molecule has 0 aliphatic heterocycles. The Morgan fingerprint density at radius 3 is 1.33 bits per heavy atom. The number of ketones is 2. The number of allylic oxidation sites excluding steroid dienone is 2. The van der Waals surface area contributed by atoms with Crippen LogP contribution in [0.1, 0.15) is 33.6 Å². The minimum absolute atomic E-state index is 0.167. The van der Waals surface area contributed by atoms with Crippen molar-refractivity contribution in [3.8, 4) is 0 Å². The molecule has 122 valence electrons. The quantitative estimate of drug-likeness (QED) is 0.607. The van der Waals surface area contributed by atoms with Gasteiger partial charge in [-0.05, 0) is 61.4 Å². The fourth-order valence-electron chi connectivity index (χ4n) is 3.05. The summed E-state index contributed by atoms with van der Waals surface area (Å²) in [4.78, 5) is 25.5. The molecule has 0 saturated heterocycles. The number of hydrogen-bond donors (Lipinski definition) is 0. The second kappa shape index (κ2) is 6.87. The molecule has 4 heteroatoms. The molecule has 1 aliphatic carbocycles. The Hall–Kier alpha value is -2.62. The van der Waals surface area contributed by atoms with Gasteiger partial charge in [0.25, 0.3) is 0 Å². The van der Waals surface area contributed by atoms with E-state index in [0.29, 0.717) is 24.0 Å². The maximum absolute atomic E-state index is 13.0. The molecule has 0 bridgehead atoms. The summed E-state index contributed by atoms with van der Waals surface area (Å²) in [6.45, 7) is 0. The van der Waals surface area contributed by atoms with E-state index < -0.39 is 23.5 Å². The third-order valence-corrected chi connectivity index (χ3v) is 4.36. The van der Waals surface area contributed by atoms with Gasteiger partial charge in [-0.2, -0.15) is 0 Å². The van der Waals surface area contributed by atoms with Crippen molar-refractivity contribution in [2.24, 2.45) is 11.8 Å². The van der Waals surface area contributed by atoms with Crippen LogP contribution >= 0.6 is 0 Å². The molecule has 1 aliphatic rings. The summed E-state index contributed by atoms with van der Waals surface area (Å²) in [6.07, 6.45) is 4.71. The summed E-state index contributed by atoms with van der Waals surface area (Å²) in [5.74, 6) is -2.13. The van der Waals surface area contributed by atoms with Crippen LogP contribution < -0.4 is 0 Å². The van der Waals surface area contributed by atoms with Crippen LogP contribution in [0.2, 0.25) is 0 Å². The maximum Gasteiger partial charge on any atom is 0.167 e. The van der Waals surface area contributed by atoms with Crippen molar-refractivity contribution < 1.29 is 18.4 Å². The molecule has 0 fully saturated rings. The molecule has 2 aromatic rings. The fourth-order valence-corrected chi connectivity index (χ4v) is 3.05. The van der Waals surface area contributed by atoms with Crippen LogP contribution in [0.5, 0.6) is 0 Å². The van der Waals surface area contributed by atoms with Crippen molar-refractivity contribution >= 4 is 11.6 Å². The molecule has 3 rings (SSSR count). The molecule has 0 unspecified atom stereocenters. The van der Waals surface area contributed by atoms with Crippen molar-refractivity contribution in [2.45, 2.75) is 12.8 Å². The lowest BCUT2D eigenvalue weighted by molar-refractivity contribution is 0.0761. The van der Waals surface area contributed by atoms with E-state index in [2.05, 4.69) is 0 Å². The number of halogens is 2. The van der Waals surface area contributed by atoms with Crippen LogP contribution in [0.3, 0.4) is 0 Å². The molecule has 0 amide bonds.